The van der Waals surface area contributed by atoms with Crippen molar-refractivity contribution in [3.63, 3.8) is 0 Å². The normalized spacial score (nSPS) is 9.83. The number of hydrogen-bond acceptors (Lipinski definition) is 5. The summed E-state index contributed by atoms with van der Waals surface area (Å²) in [6.45, 7) is 0. The first-order valence-electron chi connectivity index (χ1n) is 4.85. The minimum Gasteiger partial charge on any atom is -0.368 e. The predicted molar refractivity (Wildman–Crippen MR) is 68.5 cm³/mol. The van der Waals surface area contributed by atoms with Crippen molar-refractivity contribution >= 4 is 33.4 Å². The lowest BCUT2D eigenvalue weighted by Crippen LogP contribution is -2.02. The summed E-state index contributed by atoms with van der Waals surface area (Å²) in [6.07, 6.45) is 1.46. The van der Waals surface area contributed by atoms with Gasteiger partial charge in [-0.3, -0.25) is 0 Å². The monoisotopic (exact) mass is 307 g/mol. The van der Waals surface area contributed by atoms with Gasteiger partial charge in [0, 0.05) is 6.20 Å². The maximum atomic E-state index is 13.7. The Morgan fingerprint density at radius 1 is 1.44 bits per heavy atom. The summed E-state index contributed by atoms with van der Waals surface area (Å²) in [5.41, 5.74) is 5.90. The van der Waals surface area contributed by atoms with Crippen LogP contribution in [0.1, 0.15) is 5.56 Å². The molecule has 0 unspecified atom stereocenters. The molecular formula is C11H7BrFN5. The number of aromatic nitrogens is 2. The van der Waals surface area contributed by atoms with E-state index in [9.17, 15) is 4.39 Å². The third-order valence-electron chi connectivity index (χ3n) is 2.11. The van der Waals surface area contributed by atoms with Crippen LogP contribution in [-0.2, 0) is 0 Å². The smallest absolute Gasteiger partial charge is 0.222 e. The van der Waals surface area contributed by atoms with E-state index in [-0.39, 0.29) is 17.2 Å². The number of halogens is 2. The molecule has 7 heteroatoms. The Hall–Kier alpha value is -2.20. The zero-order valence-electron chi connectivity index (χ0n) is 8.98. The van der Waals surface area contributed by atoms with Crippen LogP contribution in [0.4, 0.5) is 21.8 Å². The minimum atomic E-state index is -0.543. The van der Waals surface area contributed by atoms with E-state index >= 15 is 0 Å². The van der Waals surface area contributed by atoms with Gasteiger partial charge in [0.2, 0.25) is 5.95 Å². The molecular weight excluding hydrogens is 301 g/mol. The van der Waals surface area contributed by atoms with Gasteiger partial charge >= 0.3 is 0 Å². The Morgan fingerprint density at radius 2 is 2.22 bits per heavy atom. The first-order valence-corrected chi connectivity index (χ1v) is 5.64. The molecule has 0 fully saturated rings. The predicted octanol–water partition coefficient (Wildman–Crippen LogP) is 2.58. The summed E-state index contributed by atoms with van der Waals surface area (Å²) in [5.74, 6) is -0.112. The van der Waals surface area contributed by atoms with Crippen molar-refractivity contribution in [2.24, 2.45) is 0 Å². The number of nitrogens with one attached hydrogen (secondary N) is 1. The van der Waals surface area contributed by atoms with E-state index in [2.05, 4.69) is 31.2 Å². The van der Waals surface area contributed by atoms with Crippen LogP contribution in [0.25, 0.3) is 0 Å². The van der Waals surface area contributed by atoms with Crippen LogP contribution in [0.3, 0.4) is 0 Å². The molecule has 3 N–H and O–H groups in total. The van der Waals surface area contributed by atoms with Crippen molar-refractivity contribution in [1.29, 1.82) is 5.26 Å². The summed E-state index contributed by atoms with van der Waals surface area (Å²) >= 11 is 3.22. The standard InChI is InChI=1S/C11H7BrFN5/c12-7-5-16-11(15)18-10(7)17-9-2-1-6(4-14)3-8(9)13/h1-3,5H,(H3,15,16,17,18). The van der Waals surface area contributed by atoms with Gasteiger partial charge < -0.3 is 11.1 Å². The van der Waals surface area contributed by atoms with E-state index in [0.29, 0.717) is 10.3 Å². The Bertz CT molecular complexity index is 638. The molecule has 0 spiro atoms. The maximum absolute atomic E-state index is 13.7. The first-order chi connectivity index (χ1) is 8.60. The number of nitrogens with two attached hydrogens (primary N) is 1. The molecule has 1 aromatic heterocycles. The highest BCUT2D eigenvalue weighted by Crippen LogP contribution is 2.25. The van der Waals surface area contributed by atoms with E-state index in [1.807, 2.05) is 6.07 Å². The number of anilines is 3. The third-order valence-corrected chi connectivity index (χ3v) is 2.69. The summed E-state index contributed by atoms with van der Waals surface area (Å²) in [7, 11) is 0. The SMILES string of the molecule is N#Cc1ccc(Nc2nc(N)ncc2Br)c(F)c1. The topological polar surface area (TPSA) is 87.6 Å². The molecule has 2 aromatic rings. The van der Waals surface area contributed by atoms with Crippen LogP contribution in [0.15, 0.2) is 28.9 Å². The highest BCUT2D eigenvalue weighted by atomic mass is 79.9. The fraction of sp³-hybridized carbons (Fsp3) is 0. The summed E-state index contributed by atoms with van der Waals surface area (Å²) in [5, 5.41) is 11.4. The van der Waals surface area contributed by atoms with Gasteiger partial charge in [0.15, 0.2) is 0 Å². The number of hydrogen-bond donors (Lipinski definition) is 2. The maximum Gasteiger partial charge on any atom is 0.222 e. The highest BCUT2D eigenvalue weighted by molar-refractivity contribution is 9.10. The van der Waals surface area contributed by atoms with Crippen molar-refractivity contribution in [3.05, 3.63) is 40.2 Å². The lowest BCUT2D eigenvalue weighted by atomic mass is 10.2. The zero-order valence-corrected chi connectivity index (χ0v) is 10.6. The number of rotatable bonds is 2. The van der Waals surface area contributed by atoms with Gasteiger partial charge in [0.25, 0.3) is 0 Å². The van der Waals surface area contributed by atoms with Gasteiger partial charge in [-0.2, -0.15) is 10.2 Å². The van der Waals surface area contributed by atoms with Crippen LogP contribution < -0.4 is 11.1 Å². The van der Waals surface area contributed by atoms with Crippen molar-refractivity contribution < 1.29 is 4.39 Å². The summed E-state index contributed by atoms with van der Waals surface area (Å²) < 4.78 is 14.2. The second-order valence-corrected chi connectivity index (χ2v) is 4.21. The second-order valence-electron chi connectivity index (χ2n) is 3.36. The highest BCUT2D eigenvalue weighted by Gasteiger charge is 2.08. The second kappa shape index (κ2) is 4.98. The molecule has 0 bridgehead atoms. The van der Waals surface area contributed by atoms with Crippen LogP contribution in [0.2, 0.25) is 0 Å². The fourth-order valence-electron chi connectivity index (χ4n) is 1.28. The van der Waals surface area contributed by atoms with Gasteiger partial charge in [-0.25, -0.2) is 9.37 Å². The molecule has 1 heterocycles. The quantitative estimate of drug-likeness (QED) is 0.890. The molecule has 0 aliphatic rings. The molecule has 0 aliphatic carbocycles. The largest absolute Gasteiger partial charge is 0.368 e. The molecule has 0 radical (unpaired) electrons. The van der Waals surface area contributed by atoms with E-state index < -0.39 is 5.82 Å². The van der Waals surface area contributed by atoms with Crippen molar-refractivity contribution in [2.75, 3.05) is 11.1 Å². The van der Waals surface area contributed by atoms with E-state index in [0.717, 1.165) is 6.07 Å². The van der Waals surface area contributed by atoms with Crippen LogP contribution in [0, 0.1) is 17.1 Å². The minimum absolute atomic E-state index is 0.0785. The van der Waals surface area contributed by atoms with Crippen molar-refractivity contribution in [3.8, 4) is 6.07 Å². The molecule has 18 heavy (non-hydrogen) atoms. The average molecular weight is 308 g/mol. The van der Waals surface area contributed by atoms with Gasteiger partial charge in [0.1, 0.15) is 11.6 Å². The number of nitriles is 1. The Morgan fingerprint density at radius 3 is 2.89 bits per heavy atom. The number of nitrogen functional groups attached to an aromatic ring is 1. The molecule has 1 aromatic carbocycles. The van der Waals surface area contributed by atoms with Crippen molar-refractivity contribution in [2.45, 2.75) is 0 Å². The van der Waals surface area contributed by atoms with Crippen LogP contribution in [-0.4, -0.2) is 9.97 Å². The summed E-state index contributed by atoms with van der Waals surface area (Å²) in [6, 6.07) is 5.96. The molecule has 2 rings (SSSR count). The first kappa shape index (κ1) is 12.3. The van der Waals surface area contributed by atoms with Gasteiger partial charge in [-0.05, 0) is 34.1 Å². The molecule has 0 amide bonds. The third kappa shape index (κ3) is 2.55. The Kier molecular flexibility index (Phi) is 3.39. The van der Waals surface area contributed by atoms with Gasteiger partial charge in [0.05, 0.1) is 21.8 Å². The molecule has 0 aliphatic heterocycles. The average Bonchev–Trinajstić information content (AvgIpc) is 2.36. The molecule has 90 valence electrons. The lowest BCUT2D eigenvalue weighted by Gasteiger charge is -2.08. The van der Waals surface area contributed by atoms with Crippen LogP contribution >= 0.6 is 15.9 Å². The van der Waals surface area contributed by atoms with E-state index in [4.69, 9.17) is 11.0 Å². The van der Waals surface area contributed by atoms with E-state index in [1.54, 1.807) is 0 Å². The van der Waals surface area contributed by atoms with Gasteiger partial charge in [-0.15, -0.1) is 0 Å². The Labute approximate surface area is 111 Å². The molecule has 0 saturated heterocycles. The van der Waals surface area contributed by atoms with Crippen LogP contribution in [0.5, 0.6) is 0 Å². The zero-order chi connectivity index (χ0) is 13.1. The fourth-order valence-corrected chi connectivity index (χ4v) is 1.57. The van der Waals surface area contributed by atoms with Gasteiger partial charge in [-0.1, -0.05) is 0 Å². The number of benzene rings is 1. The molecule has 0 atom stereocenters. The van der Waals surface area contributed by atoms with Crippen molar-refractivity contribution in [1.82, 2.24) is 9.97 Å². The lowest BCUT2D eigenvalue weighted by molar-refractivity contribution is 0.631. The Balaban J connectivity index is 2.34. The molecule has 0 saturated carbocycles. The summed E-state index contributed by atoms with van der Waals surface area (Å²) in [4.78, 5) is 7.70. The molecule has 5 nitrogen and oxygen atoms in total. The number of nitrogens with zero attached hydrogens (tertiary/aromatic N) is 3. The van der Waals surface area contributed by atoms with E-state index in [1.165, 1.54) is 18.3 Å².